The molecule has 7 heteroatoms. The first-order chi connectivity index (χ1) is 12.5. The molecule has 0 saturated carbocycles. The van der Waals surface area contributed by atoms with Gasteiger partial charge in [-0.15, -0.1) is 0 Å². The Kier molecular flexibility index (Phi) is 5.06. The molecule has 0 aliphatic rings. The first-order valence-corrected chi connectivity index (χ1v) is 8.47. The maximum Gasteiger partial charge on any atom is 0.278 e. The van der Waals surface area contributed by atoms with E-state index in [-0.39, 0.29) is 18.2 Å². The Morgan fingerprint density at radius 1 is 1.31 bits per heavy atom. The van der Waals surface area contributed by atoms with Gasteiger partial charge >= 0.3 is 0 Å². The van der Waals surface area contributed by atoms with E-state index in [1.807, 2.05) is 39.0 Å². The average Bonchev–Trinajstić information content (AvgIpc) is 3.22. The predicted octanol–water partition coefficient (Wildman–Crippen LogP) is 3.65. The van der Waals surface area contributed by atoms with Gasteiger partial charge in [0.2, 0.25) is 0 Å². The summed E-state index contributed by atoms with van der Waals surface area (Å²) in [5.41, 5.74) is 3.68. The highest BCUT2D eigenvalue weighted by Crippen LogP contribution is 2.23. The summed E-state index contributed by atoms with van der Waals surface area (Å²) in [5, 5.41) is 10.8. The van der Waals surface area contributed by atoms with Crippen LogP contribution in [0.4, 0.5) is 5.69 Å². The van der Waals surface area contributed by atoms with Crippen molar-refractivity contribution in [3.8, 4) is 5.75 Å². The number of amides is 1. The first kappa shape index (κ1) is 17.7. The van der Waals surface area contributed by atoms with E-state index < -0.39 is 0 Å². The lowest BCUT2D eigenvalue weighted by Gasteiger charge is -2.11. The van der Waals surface area contributed by atoms with Gasteiger partial charge in [-0.3, -0.25) is 9.48 Å². The molecule has 0 radical (unpaired) electrons. The van der Waals surface area contributed by atoms with Crippen LogP contribution >= 0.6 is 0 Å². The van der Waals surface area contributed by atoms with Crippen molar-refractivity contribution in [2.75, 3.05) is 5.32 Å². The molecule has 26 heavy (non-hydrogen) atoms. The number of aromatic nitrogens is 3. The summed E-state index contributed by atoms with van der Waals surface area (Å²) in [7, 11) is 0. The van der Waals surface area contributed by atoms with Gasteiger partial charge in [-0.05, 0) is 44.9 Å². The third-order valence-electron chi connectivity index (χ3n) is 4.34. The van der Waals surface area contributed by atoms with Crippen LogP contribution in [0.2, 0.25) is 0 Å². The maximum absolute atomic E-state index is 12.6. The monoisotopic (exact) mass is 354 g/mol. The van der Waals surface area contributed by atoms with Gasteiger partial charge < -0.3 is 14.6 Å². The van der Waals surface area contributed by atoms with Gasteiger partial charge in [0.15, 0.2) is 5.69 Å². The minimum atomic E-state index is -0.350. The summed E-state index contributed by atoms with van der Waals surface area (Å²) in [6.07, 6.45) is 3.36. The van der Waals surface area contributed by atoms with Gasteiger partial charge in [-0.2, -0.15) is 5.10 Å². The van der Waals surface area contributed by atoms with Crippen molar-refractivity contribution in [1.29, 1.82) is 0 Å². The smallest absolute Gasteiger partial charge is 0.278 e. The highest BCUT2D eigenvalue weighted by molar-refractivity contribution is 6.03. The number of benzene rings is 1. The normalized spacial score (nSPS) is 10.8. The third-order valence-corrected chi connectivity index (χ3v) is 4.34. The van der Waals surface area contributed by atoms with Gasteiger partial charge in [0.1, 0.15) is 18.1 Å². The van der Waals surface area contributed by atoms with E-state index in [4.69, 9.17) is 9.26 Å². The molecule has 0 saturated heterocycles. The number of rotatable bonds is 6. The van der Waals surface area contributed by atoms with Crippen molar-refractivity contribution in [1.82, 2.24) is 14.9 Å². The molecule has 0 aliphatic carbocycles. The van der Waals surface area contributed by atoms with Gasteiger partial charge in [0, 0.05) is 12.7 Å². The number of ether oxygens (including phenoxy) is 1. The molecular weight excluding hydrogens is 332 g/mol. The van der Waals surface area contributed by atoms with Crippen molar-refractivity contribution in [2.24, 2.45) is 0 Å². The Morgan fingerprint density at radius 2 is 2.12 bits per heavy atom. The van der Waals surface area contributed by atoms with Crippen LogP contribution in [0.15, 0.2) is 35.1 Å². The molecule has 2 heterocycles. The lowest BCUT2D eigenvalue weighted by molar-refractivity contribution is 0.101. The molecular formula is C19H22N4O3. The first-order valence-electron chi connectivity index (χ1n) is 8.47. The van der Waals surface area contributed by atoms with E-state index in [1.165, 1.54) is 0 Å². The largest absolute Gasteiger partial charge is 0.488 e. The van der Waals surface area contributed by atoms with Crippen LogP contribution < -0.4 is 10.1 Å². The van der Waals surface area contributed by atoms with Crippen LogP contribution in [0.25, 0.3) is 0 Å². The van der Waals surface area contributed by atoms with Crippen molar-refractivity contribution >= 4 is 11.6 Å². The number of aryl methyl sites for hydroxylation is 3. The van der Waals surface area contributed by atoms with E-state index >= 15 is 0 Å². The number of carbonyl (C=O) groups is 1. The van der Waals surface area contributed by atoms with Crippen LogP contribution in [0.5, 0.6) is 5.75 Å². The van der Waals surface area contributed by atoms with E-state index in [1.54, 1.807) is 24.0 Å². The molecule has 0 fully saturated rings. The summed E-state index contributed by atoms with van der Waals surface area (Å²) >= 11 is 0. The maximum atomic E-state index is 12.6. The van der Waals surface area contributed by atoms with Gasteiger partial charge in [0.25, 0.3) is 5.91 Å². The van der Waals surface area contributed by atoms with Crippen LogP contribution in [0.1, 0.15) is 39.9 Å². The number of hydrogen-bond acceptors (Lipinski definition) is 5. The molecule has 1 amide bonds. The SMILES string of the molecule is CCn1cc(NC(=O)c2noc(C)c2COc2cccc(C)c2C)cn1. The van der Waals surface area contributed by atoms with Crippen molar-refractivity contribution in [2.45, 2.75) is 40.8 Å². The molecule has 0 bridgehead atoms. The van der Waals surface area contributed by atoms with Gasteiger partial charge in [-0.25, -0.2) is 0 Å². The minimum Gasteiger partial charge on any atom is -0.488 e. The Balaban J connectivity index is 1.75. The molecule has 0 unspecified atom stereocenters. The zero-order chi connectivity index (χ0) is 18.7. The molecule has 0 atom stereocenters. The Hall–Kier alpha value is -3.09. The number of anilines is 1. The molecule has 3 aromatic rings. The van der Waals surface area contributed by atoms with Crippen LogP contribution in [0.3, 0.4) is 0 Å². The topological polar surface area (TPSA) is 82.2 Å². The molecule has 136 valence electrons. The second-order valence-electron chi connectivity index (χ2n) is 6.09. The number of carbonyl (C=O) groups excluding carboxylic acids is 1. The zero-order valence-corrected chi connectivity index (χ0v) is 15.4. The fourth-order valence-electron chi connectivity index (χ4n) is 2.56. The van der Waals surface area contributed by atoms with Gasteiger partial charge in [-0.1, -0.05) is 17.3 Å². The Labute approximate surface area is 151 Å². The molecule has 1 N–H and O–H groups in total. The second kappa shape index (κ2) is 7.43. The highest BCUT2D eigenvalue weighted by atomic mass is 16.5. The minimum absolute atomic E-state index is 0.205. The second-order valence-corrected chi connectivity index (χ2v) is 6.09. The average molecular weight is 354 g/mol. The molecule has 0 aliphatic heterocycles. The molecule has 0 spiro atoms. The number of nitrogens with zero attached hydrogens (tertiary/aromatic N) is 3. The summed E-state index contributed by atoms with van der Waals surface area (Å²) in [6.45, 7) is 8.71. The summed E-state index contributed by atoms with van der Waals surface area (Å²) in [4.78, 5) is 12.6. The van der Waals surface area contributed by atoms with Crippen molar-refractivity contribution < 1.29 is 14.1 Å². The van der Waals surface area contributed by atoms with E-state index in [0.717, 1.165) is 23.4 Å². The summed E-state index contributed by atoms with van der Waals surface area (Å²) in [6, 6.07) is 5.88. The Morgan fingerprint density at radius 3 is 2.85 bits per heavy atom. The van der Waals surface area contributed by atoms with Crippen molar-refractivity contribution in [3.63, 3.8) is 0 Å². The fraction of sp³-hybridized carbons (Fsp3) is 0.316. The Bertz CT molecular complexity index is 927. The molecule has 7 nitrogen and oxygen atoms in total. The van der Waals surface area contributed by atoms with Crippen LogP contribution in [-0.2, 0) is 13.2 Å². The molecule has 2 aromatic heterocycles. The molecule has 3 rings (SSSR count). The lowest BCUT2D eigenvalue weighted by Crippen LogP contribution is -2.15. The predicted molar refractivity (Wildman–Crippen MR) is 97.3 cm³/mol. The fourth-order valence-corrected chi connectivity index (χ4v) is 2.56. The van der Waals surface area contributed by atoms with E-state index in [2.05, 4.69) is 15.6 Å². The summed E-state index contributed by atoms with van der Waals surface area (Å²) < 4.78 is 12.9. The highest BCUT2D eigenvalue weighted by Gasteiger charge is 2.21. The zero-order valence-electron chi connectivity index (χ0n) is 15.4. The van der Waals surface area contributed by atoms with Gasteiger partial charge in [0.05, 0.1) is 17.4 Å². The summed E-state index contributed by atoms with van der Waals surface area (Å²) in [5.74, 6) is 0.989. The van der Waals surface area contributed by atoms with Crippen molar-refractivity contribution in [3.05, 3.63) is 58.7 Å². The van der Waals surface area contributed by atoms with Crippen LogP contribution in [-0.4, -0.2) is 20.8 Å². The quantitative estimate of drug-likeness (QED) is 0.731. The number of nitrogens with one attached hydrogen (secondary N) is 1. The lowest BCUT2D eigenvalue weighted by atomic mass is 10.1. The molecule has 1 aromatic carbocycles. The standard InChI is InChI=1S/C19H22N4O3/c1-5-23-10-15(9-20-23)21-19(24)18-16(14(4)26-22-18)11-25-17-8-6-7-12(2)13(17)3/h6-10H,5,11H2,1-4H3,(H,21,24). The van der Waals surface area contributed by atoms with E-state index in [0.29, 0.717) is 17.0 Å². The number of hydrogen-bond donors (Lipinski definition) is 1. The third kappa shape index (κ3) is 3.61. The van der Waals surface area contributed by atoms with E-state index in [9.17, 15) is 4.79 Å². The van der Waals surface area contributed by atoms with Crippen LogP contribution in [0, 0.1) is 20.8 Å².